The first-order valence-corrected chi connectivity index (χ1v) is 16.4. The smallest absolute Gasteiger partial charge is 0.322 e. The standard InChI is InChI=1S/C33H51N7O8/c1-18(2)15-22-28(44)38-32(48)36-26(19(3)41)30(46)37-27(31(47)39-33(4,5)6)40-14-10-13-23(40)29(45)35-21(24(42)17-25(43)34-22)16-20-11-8-7-9-12-20/h7-9,11-12,18-19,21-24,26-27,41-42H,10,13-17H2,1-6H3,(H,34,43)(H,35,45)(H,37,46)(H,39,47)(H2,36,38,44,48)/t19-,21+,22+,23+,24+,26-,27-/m1/s1. The van der Waals surface area contributed by atoms with E-state index in [1.807, 2.05) is 44.2 Å². The van der Waals surface area contributed by atoms with Crippen molar-refractivity contribution in [3.8, 4) is 0 Å². The van der Waals surface area contributed by atoms with Crippen LogP contribution in [0.2, 0.25) is 0 Å². The number of imide groups is 1. The van der Waals surface area contributed by atoms with Crippen LogP contribution >= 0.6 is 0 Å². The lowest BCUT2D eigenvalue weighted by molar-refractivity contribution is -0.140. The molecule has 0 radical (unpaired) electrons. The molecule has 2 saturated heterocycles. The minimum Gasteiger partial charge on any atom is -0.391 e. The summed E-state index contributed by atoms with van der Waals surface area (Å²) in [5.74, 6) is -3.71. The van der Waals surface area contributed by atoms with Crippen LogP contribution in [-0.2, 0) is 30.4 Å². The average molecular weight is 674 g/mol. The molecule has 8 N–H and O–H groups in total. The molecule has 15 nitrogen and oxygen atoms in total. The van der Waals surface area contributed by atoms with Crippen LogP contribution in [0.15, 0.2) is 30.3 Å². The number of hydrogen-bond acceptors (Lipinski definition) is 9. The topological polar surface area (TPSA) is 218 Å². The zero-order valence-corrected chi connectivity index (χ0v) is 28.5. The van der Waals surface area contributed by atoms with E-state index in [0.717, 1.165) is 5.56 Å². The van der Waals surface area contributed by atoms with Crippen LogP contribution in [0.4, 0.5) is 4.79 Å². The van der Waals surface area contributed by atoms with Crippen molar-refractivity contribution in [3.63, 3.8) is 0 Å². The van der Waals surface area contributed by atoms with Gasteiger partial charge in [0.2, 0.25) is 17.7 Å². The number of benzene rings is 1. The summed E-state index contributed by atoms with van der Waals surface area (Å²) in [6, 6.07) is 3.36. The minimum atomic E-state index is -1.60. The second-order valence-electron chi connectivity index (χ2n) is 14.1. The van der Waals surface area contributed by atoms with Crippen LogP contribution in [0.1, 0.15) is 72.8 Å². The number of carbonyl (C=O) groups is 6. The van der Waals surface area contributed by atoms with Gasteiger partial charge in [-0.25, -0.2) is 4.79 Å². The van der Waals surface area contributed by atoms with Crippen molar-refractivity contribution in [2.24, 2.45) is 5.92 Å². The Hall–Kier alpha value is -4.08. The molecule has 266 valence electrons. The Kier molecular flexibility index (Phi) is 13.5. The minimum absolute atomic E-state index is 0.0847. The maximum Gasteiger partial charge on any atom is 0.322 e. The fraction of sp³-hybridized carbons (Fsp3) is 0.636. The van der Waals surface area contributed by atoms with Crippen molar-refractivity contribution < 1.29 is 39.0 Å². The molecule has 2 fully saturated rings. The quantitative estimate of drug-likeness (QED) is 0.193. The first-order chi connectivity index (χ1) is 22.4. The second-order valence-corrected chi connectivity index (χ2v) is 14.1. The van der Waals surface area contributed by atoms with E-state index in [0.29, 0.717) is 12.8 Å². The molecule has 7 amide bonds. The van der Waals surface area contributed by atoms with E-state index in [4.69, 9.17) is 0 Å². The van der Waals surface area contributed by atoms with Crippen molar-refractivity contribution >= 4 is 35.6 Å². The lowest BCUT2D eigenvalue weighted by atomic mass is 9.97. The molecule has 2 aliphatic rings. The predicted molar refractivity (Wildman–Crippen MR) is 176 cm³/mol. The summed E-state index contributed by atoms with van der Waals surface area (Å²) in [7, 11) is 0. The Morgan fingerprint density at radius 1 is 0.958 bits per heavy atom. The summed E-state index contributed by atoms with van der Waals surface area (Å²) < 4.78 is 0. The third-order valence-corrected chi connectivity index (χ3v) is 8.09. The highest BCUT2D eigenvalue weighted by Gasteiger charge is 2.42. The molecule has 7 atom stereocenters. The number of aliphatic hydroxyl groups is 2. The maximum absolute atomic E-state index is 13.9. The molecule has 0 aromatic heterocycles. The van der Waals surface area contributed by atoms with E-state index in [2.05, 4.69) is 31.9 Å². The highest BCUT2D eigenvalue weighted by molar-refractivity contribution is 6.00. The van der Waals surface area contributed by atoms with Crippen LogP contribution in [-0.4, -0.2) is 105 Å². The number of fused-ring (bicyclic) bond motifs is 1. The van der Waals surface area contributed by atoms with Gasteiger partial charge < -0.3 is 36.8 Å². The molecule has 15 heteroatoms. The number of amides is 7. The molecule has 1 aromatic rings. The molecular formula is C33H51N7O8. The SMILES string of the molecule is CC(C)C[C@@H]1NC(=O)C[C@H](O)[C@H](Cc2ccccc2)NC(=O)[C@@H]2CCCN2[C@H](C(=O)NC(C)(C)C)NC(=O)[C@@H]([C@@H](C)O)NC(=O)NC1=O. The molecule has 3 rings (SSSR count). The van der Waals surface area contributed by atoms with Crippen molar-refractivity contribution in [1.29, 1.82) is 0 Å². The highest BCUT2D eigenvalue weighted by Crippen LogP contribution is 2.22. The molecule has 0 spiro atoms. The summed E-state index contributed by atoms with van der Waals surface area (Å²) in [6.07, 6.45) is -3.53. The van der Waals surface area contributed by atoms with Gasteiger partial charge in [0.05, 0.1) is 30.7 Å². The van der Waals surface area contributed by atoms with Crippen LogP contribution in [0.5, 0.6) is 0 Å². The lowest BCUT2D eigenvalue weighted by Crippen LogP contribution is -2.66. The molecule has 1 aromatic carbocycles. The Balaban J connectivity index is 2.05. The summed E-state index contributed by atoms with van der Waals surface area (Å²) in [6.45, 7) is 10.4. The number of rotatable bonds is 6. The molecule has 0 unspecified atom stereocenters. The second kappa shape index (κ2) is 16.8. The van der Waals surface area contributed by atoms with E-state index in [9.17, 15) is 39.0 Å². The van der Waals surface area contributed by atoms with Gasteiger partial charge in [-0.1, -0.05) is 44.2 Å². The molecule has 2 aliphatic heterocycles. The van der Waals surface area contributed by atoms with E-state index < -0.39 is 90.1 Å². The molecule has 0 saturated carbocycles. The molecule has 0 bridgehead atoms. The predicted octanol–water partition coefficient (Wildman–Crippen LogP) is -0.594. The van der Waals surface area contributed by atoms with Gasteiger partial charge in [0.25, 0.3) is 11.8 Å². The molecular weight excluding hydrogens is 622 g/mol. The van der Waals surface area contributed by atoms with Gasteiger partial charge in [0.1, 0.15) is 12.1 Å². The van der Waals surface area contributed by atoms with Gasteiger partial charge in [0.15, 0.2) is 6.17 Å². The maximum atomic E-state index is 13.9. The van der Waals surface area contributed by atoms with E-state index in [-0.39, 0.29) is 25.3 Å². The van der Waals surface area contributed by atoms with Gasteiger partial charge in [-0.15, -0.1) is 0 Å². The number of nitrogens with zero attached hydrogens (tertiary/aromatic N) is 1. The summed E-state index contributed by atoms with van der Waals surface area (Å²) in [5.41, 5.74) is 0.0699. The van der Waals surface area contributed by atoms with Crippen LogP contribution < -0.4 is 31.9 Å². The first-order valence-electron chi connectivity index (χ1n) is 16.4. The number of aliphatic hydroxyl groups excluding tert-OH is 2. The Bertz CT molecular complexity index is 1320. The van der Waals surface area contributed by atoms with Crippen molar-refractivity contribution in [2.45, 2.75) is 122 Å². The zero-order chi connectivity index (χ0) is 35.8. The fourth-order valence-corrected chi connectivity index (χ4v) is 5.84. The third-order valence-electron chi connectivity index (χ3n) is 8.09. The fourth-order valence-electron chi connectivity index (χ4n) is 5.84. The first kappa shape index (κ1) is 38.4. The average Bonchev–Trinajstić information content (AvgIpc) is 3.46. The van der Waals surface area contributed by atoms with Crippen molar-refractivity contribution in [2.75, 3.05) is 6.54 Å². The van der Waals surface area contributed by atoms with Crippen LogP contribution in [0.25, 0.3) is 0 Å². The molecule has 2 heterocycles. The third kappa shape index (κ3) is 11.3. The monoisotopic (exact) mass is 673 g/mol. The lowest BCUT2D eigenvalue weighted by Gasteiger charge is -2.36. The summed E-state index contributed by atoms with van der Waals surface area (Å²) in [5, 5.41) is 37.1. The summed E-state index contributed by atoms with van der Waals surface area (Å²) in [4.78, 5) is 81.9. The van der Waals surface area contributed by atoms with E-state index in [1.54, 1.807) is 20.8 Å². The van der Waals surface area contributed by atoms with Crippen LogP contribution in [0.3, 0.4) is 0 Å². The molecule has 48 heavy (non-hydrogen) atoms. The largest absolute Gasteiger partial charge is 0.391 e. The number of hydrogen-bond donors (Lipinski definition) is 8. The van der Waals surface area contributed by atoms with Crippen molar-refractivity contribution in [1.82, 2.24) is 36.8 Å². The van der Waals surface area contributed by atoms with Gasteiger partial charge in [-0.05, 0) is 64.9 Å². The normalized spacial score (nSPS) is 27.7. The zero-order valence-electron chi connectivity index (χ0n) is 28.5. The number of nitrogens with one attached hydrogen (secondary N) is 6. The van der Waals surface area contributed by atoms with E-state index in [1.165, 1.54) is 11.8 Å². The Labute approximate surface area is 281 Å². The summed E-state index contributed by atoms with van der Waals surface area (Å²) >= 11 is 0. The van der Waals surface area contributed by atoms with Gasteiger partial charge in [-0.3, -0.25) is 34.2 Å². The molecule has 0 aliphatic carbocycles. The van der Waals surface area contributed by atoms with Gasteiger partial charge in [-0.2, -0.15) is 0 Å². The van der Waals surface area contributed by atoms with Crippen molar-refractivity contribution in [3.05, 3.63) is 35.9 Å². The van der Waals surface area contributed by atoms with Gasteiger partial charge in [0, 0.05) is 12.1 Å². The van der Waals surface area contributed by atoms with Crippen LogP contribution in [0, 0.1) is 5.92 Å². The van der Waals surface area contributed by atoms with E-state index >= 15 is 0 Å². The highest BCUT2D eigenvalue weighted by atomic mass is 16.3. The number of urea groups is 1. The van der Waals surface area contributed by atoms with Gasteiger partial charge >= 0.3 is 6.03 Å². The Morgan fingerprint density at radius 2 is 1.62 bits per heavy atom. The number of carbonyl (C=O) groups excluding carboxylic acids is 6. The Morgan fingerprint density at radius 3 is 2.23 bits per heavy atom.